The van der Waals surface area contributed by atoms with E-state index in [4.69, 9.17) is 0 Å². The average molecular weight is 290 g/mol. The molecule has 22 heavy (non-hydrogen) atoms. The van der Waals surface area contributed by atoms with Crippen LogP contribution < -0.4 is 5.32 Å². The van der Waals surface area contributed by atoms with Gasteiger partial charge in [0.2, 0.25) is 5.91 Å². The molecule has 0 bridgehead atoms. The summed E-state index contributed by atoms with van der Waals surface area (Å²) in [4.78, 5) is 12.2. The average Bonchev–Trinajstić information content (AvgIpc) is 2.86. The lowest BCUT2D eigenvalue weighted by Crippen LogP contribution is -2.17. The molecule has 3 aromatic rings. The Labute approximate surface area is 129 Å². The minimum atomic E-state index is 0.0883. The Kier molecular flexibility index (Phi) is 3.00. The van der Waals surface area contributed by atoms with Crippen molar-refractivity contribution in [2.24, 2.45) is 0 Å². The summed E-state index contributed by atoms with van der Waals surface area (Å²) in [5.74, 6) is 0.0883. The van der Waals surface area contributed by atoms with Crippen molar-refractivity contribution >= 4 is 22.5 Å². The van der Waals surface area contributed by atoms with Gasteiger partial charge >= 0.3 is 0 Å². The monoisotopic (exact) mass is 290 g/mol. The van der Waals surface area contributed by atoms with Crippen LogP contribution in [-0.4, -0.2) is 10.5 Å². The molecule has 1 N–H and O–H groups in total. The zero-order chi connectivity index (χ0) is 15.1. The highest BCUT2D eigenvalue weighted by molar-refractivity contribution is 5.93. The maximum absolute atomic E-state index is 12.2. The molecule has 4 rings (SSSR count). The standard InChI is InChI=1S/C19H18N2O/c1-13-5-4-7-14-9-10-21(19(13)14)16-11-15-6-2-3-8-17(15)20-18(22)12-16/h2-10,16H,11-12H2,1H3,(H,20,22). The molecule has 0 spiro atoms. The maximum Gasteiger partial charge on any atom is 0.226 e. The van der Waals surface area contributed by atoms with Crippen LogP contribution in [0.1, 0.15) is 23.6 Å². The van der Waals surface area contributed by atoms with Gasteiger partial charge in [0.25, 0.3) is 0 Å². The Bertz CT molecular complexity index is 863. The normalized spacial score (nSPS) is 17.9. The quantitative estimate of drug-likeness (QED) is 0.720. The fourth-order valence-electron chi connectivity index (χ4n) is 3.47. The first-order valence-corrected chi connectivity index (χ1v) is 7.66. The highest BCUT2D eigenvalue weighted by Crippen LogP contribution is 2.31. The molecular weight excluding hydrogens is 272 g/mol. The van der Waals surface area contributed by atoms with Crippen LogP contribution in [0.3, 0.4) is 0 Å². The minimum Gasteiger partial charge on any atom is -0.343 e. The molecule has 0 fully saturated rings. The fraction of sp³-hybridized carbons (Fsp3) is 0.211. The Morgan fingerprint density at radius 3 is 2.82 bits per heavy atom. The van der Waals surface area contributed by atoms with Crippen molar-refractivity contribution in [3.8, 4) is 0 Å². The molecular formula is C19H18N2O. The number of fused-ring (bicyclic) bond motifs is 2. The zero-order valence-electron chi connectivity index (χ0n) is 12.5. The molecule has 0 saturated heterocycles. The lowest BCUT2D eigenvalue weighted by Gasteiger charge is -2.18. The molecule has 0 radical (unpaired) electrons. The van der Waals surface area contributed by atoms with Crippen LogP contribution in [0, 0.1) is 6.92 Å². The van der Waals surface area contributed by atoms with Gasteiger partial charge < -0.3 is 9.88 Å². The number of para-hydroxylation sites is 2. The summed E-state index contributed by atoms with van der Waals surface area (Å²) < 4.78 is 2.27. The third-order valence-corrected chi connectivity index (χ3v) is 4.50. The predicted octanol–water partition coefficient (Wildman–Crippen LogP) is 4.08. The van der Waals surface area contributed by atoms with Crippen molar-refractivity contribution in [3.63, 3.8) is 0 Å². The molecule has 110 valence electrons. The number of amides is 1. The first-order valence-electron chi connectivity index (χ1n) is 7.66. The third kappa shape index (κ3) is 2.10. The van der Waals surface area contributed by atoms with Crippen LogP contribution >= 0.6 is 0 Å². The van der Waals surface area contributed by atoms with Gasteiger partial charge in [0.15, 0.2) is 0 Å². The molecule has 1 atom stereocenters. The van der Waals surface area contributed by atoms with E-state index in [0.717, 1.165) is 12.1 Å². The summed E-state index contributed by atoms with van der Waals surface area (Å²) >= 11 is 0. The number of carbonyl (C=O) groups is 1. The van der Waals surface area contributed by atoms with Gasteiger partial charge in [-0.3, -0.25) is 4.79 Å². The van der Waals surface area contributed by atoms with Crippen LogP contribution in [0.5, 0.6) is 0 Å². The fourth-order valence-corrected chi connectivity index (χ4v) is 3.47. The van der Waals surface area contributed by atoms with E-state index in [2.05, 4.69) is 53.3 Å². The maximum atomic E-state index is 12.2. The first-order chi connectivity index (χ1) is 10.7. The van der Waals surface area contributed by atoms with Gasteiger partial charge in [0, 0.05) is 24.3 Å². The summed E-state index contributed by atoms with van der Waals surface area (Å²) in [6, 6.07) is 16.7. The Hall–Kier alpha value is -2.55. The highest BCUT2D eigenvalue weighted by atomic mass is 16.1. The SMILES string of the molecule is Cc1cccc2ccn(C3CC(=O)Nc4ccccc4C3)c12. The molecule has 0 aliphatic carbocycles. The van der Waals surface area contributed by atoms with E-state index in [1.807, 2.05) is 18.2 Å². The van der Waals surface area contributed by atoms with Crippen LogP contribution in [0.25, 0.3) is 10.9 Å². The van der Waals surface area contributed by atoms with Gasteiger partial charge in [-0.1, -0.05) is 36.4 Å². The summed E-state index contributed by atoms with van der Waals surface area (Å²) in [5, 5.41) is 4.26. The summed E-state index contributed by atoms with van der Waals surface area (Å²) in [6.45, 7) is 2.13. The minimum absolute atomic E-state index is 0.0883. The van der Waals surface area contributed by atoms with Crippen LogP contribution in [0.15, 0.2) is 54.7 Å². The first kappa shape index (κ1) is 13.1. The van der Waals surface area contributed by atoms with E-state index in [0.29, 0.717) is 6.42 Å². The molecule has 3 nitrogen and oxygen atoms in total. The van der Waals surface area contributed by atoms with Crippen LogP contribution in [0.4, 0.5) is 5.69 Å². The number of hydrogen-bond donors (Lipinski definition) is 1. The molecule has 1 aliphatic rings. The van der Waals surface area contributed by atoms with E-state index < -0.39 is 0 Å². The van der Waals surface area contributed by atoms with Crippen LogP contribution in [-0.2, 0) is 11.2 Å². The highest BCUT2D eigenvalue weighted by Gasteiger charge is 2.23. The molecule has 1 aliphatic heterocycles. The van der Waals surface area contributed by atoms with Gasteiger partial charge in [-0.05, 0) is 42.0 Å². The van der Waals surface area contributed by atoms with Gasteiger partial charge in [-0.2, -0.15) is 0 Å². The van der Waals surface area contributed by atoms with Crippen molar-refractivity contribution in [2.45, 2.75) is 25.8 Å². The summed E-state index contributed by atoms with van der Waals surface area (Å²) in [6.07, 6.45) is 3.49. The Morgan fingerprint density at radius 2 is 1.91 bits per heavy atom. The van der Waals surface area contributed by atoms with Gasteiger partial charge in [-0.25, -0.2) is 0 Å². The number of aromatic nitrogens is 1. The molecule has 1 aromatic heterocycles. The molecule has 2 heterocycles. The van der Waals surface area contributed by atoms with Gasteiger partial charge in [0.05, 0.1) is 5.52 Å². The second kappa shape index (κ2) is 5.02. The molecule has 1 amide bonds. The van der Waals surface area contributed by atoms with Crippen LogP contribution in [0.2, 0.25) is 0 Å². The Morgan fingerprint density at radius 1 is 1.05 bits per heavy atom. The number of nitrogens with one attached hydrogen (secondary N) is 1. The molecule has 3 heteroatoms. The van der Waals surface area contributed by atoms with E-state index in [1.165, 1.54) is 22.0 Å². The lowest BCUT2D eigenvalue weighted by molar-refractivity contribution is -0.116. The topological polar surface area (TPSA) is 34.0 Å². The zero-order valence-corrected chi connectivity index (χ0v) is 12.5. The smallest absolute Gasteiger partial charge is 0.226 e. The number of aryl methyl sites for hydroxylation is 1. The largest absolute Gasteiger partial charge is 0.343 e. The predicted molar refractivity (Wildman–Crippen MR) is 89.1 cm³/mol. The van der Waals surface area contributed by atoms with Crippen molar-refractivity contribution in [2.75, 3.05) is 5.32 Å². The number of rotatable bonds is 1. The second-order valence-corrected chi connectivity index (χ2v) is 6.00. The molecule has 0 saturated carbocycles. The Balaban J connectivity index is 1.83. The summed E-state index contributed by atoms with van der Waals surface area (Å²) in [5.41, 5.74) is 4.64. The van der Waals surface area contributed by atoms with Gasteiger partial charge in [-0.15, -0.1) is 0 Å². The number of anilines is 1. The number of hydrogen-bond acceptors (Lipinski definition) is 1. The van der Waals surface area contributed by atoms with Crippen molar-refractivity contribution < 1.29 is 4.79 Å². The van der Waals surface area contributed by atoms with Crippen molar-refractivity contribution in [3.05, 3.63) is 65.9 Å². The lowest BCUT2D eigenvalue weighted by atomic mass is 10.0. The number of carbonyl (C=O) groups excluding carboxylic acids is 1. The van der Waals surface area contributed by atoms with Crippen molar-refractivity contribution in [1.82, 2.24) is 4.57 Å². The number of nitrogens with zero attached hydrogens (tertiary/aromatic N) is 1. The summed E-state index contributed by atoms with van der Waals surface area (Å²) in [7, 11) is 0. The van der Waals surface area contributed by atoms with Crippen molar-refractivity contribution in [1.29, 1.82) is 0 Å². The van der Waals surface area contributed by atoms with Gasteiger partial charge in [0.1, 0.15) is 0 Å². The second-order valence-electron chi connectivity index (χ2n) is 6.00. The van der Waals surface area contributed by atoms with E-state index in [9.17, 15) is 4.79 Å². The number of benzene rings is 2. The molecule has 2 aromatic carbocycles. The van der Waals surface area contributed by atoms with E-state index >= 15 is 0 Å². The molecule has 1 unspecified atom stereocenters. The third-order valence-electron chi connectivity index (χ3n) is 4.50. The van der Waals surface area contributed by atoms with E-state index in [1.54, 1.807) is 0 Å². The van der Waals surface area contributed by atoms with E-state index in [-0.39, 0.29) is 11.9 Å².